The minimum Gasteiger partial charge on any atom is -0.353 e. The number of fused-ring (bicyclic) bond motifs is 1. The lowest BCUT2D eigenvalue weighted by Crippen LogP contribution is -2.67. The zero-order valence-corrected chi connectivity index (χ0v) is 15.4. The number of amides is 2. The van der Waals surface area contributed by atoms with E-state index in [2.05, 4.69) is 23.2 Å². The SMILES string of the molecule is Cc1ccc(C(=O)N2CCC3(CC2)C(=O)NCCN3C)c2ccccc12. The van der Waals surface area contributed by atoms with E-state index in [1.165, 1.54) is 5.56 Å². The van der Waals surface area contributed by atoms with E-state index in [-0.39, 0.29) is 11.8 Å². The number of rotatable bonds is 1. The highest BCUT2D eigenvalue weighted by molar-refractivity contribution is 6.08. The highest BCUT2D eigenvalue weighted by atomic mass is 16.2. The summed E-state index contributed by atoms with van der Waals surface area (Å²) in [6.45, 7) is 4.85. The van der Waals surface area contributed by atoms with Crippen LogP contribution in [-0.2, 0) is 4.79 Å². The van der Waals surface area contributed by atoms with Crippen molar-refractivity contribution in [1.29, 1.82) is 0 Å². The first-order valence-corrected chi connectivity index (χ1v) is 9.30. The zero-order chi connectivity index (χ0) is 18.3. The first-order chi connectivity index (χ1) is 12.5. The van der Waals surface area contributed by atoms with Crippen molar-refractivity contribution in [2.45, 2.75) is 25.3 Å². The smallest absolute Gasteiger partial charge is 0.254 e. The van der Waals surface area contributed by atoms with Crippen LogP contribution < -0.4 is 5.32 Å². The molecule has 2 aromatic rings. The van der Waals surface area contributed by atoms with Gasteiger partial charge in [-0.2, -0.15) is 0 Å². The number of piperazine rings is 1. The number of carbonyl (C=O) groups excluding carboxylic acids is 2. The Morgan fingerprint density at radius 2 is 1.73 bits per heavy atom. The number of piperidine rings is 1. The molecule has 2 amide bonds. The normalized spacial score (nSPS) is 20.4. The van der Waals surface area contributed by atoms with Gasteiger partial charge in [-0.3, -0.25) is 14.5 Å². The van der Waals surface area contributed by atoms with Crippen molar-refractivity contribution < 1.29 is 9.59 Å². The minimum absolute atomic E-state index is 0.0647. The number of nitrogens with one attached hydrogen (secondary N) is 1. The molecule has 136 valence electrons. The van der Waals surface area contributed by atoms with E-state index in [4.69, 9.17) is 0 Å². The van der Waals surface area contributed by atoms with Gasteiger partial charge in [0.1, 0.15) is 5.54 Å². The Kier molecular flexibility index (Phi) is 4.19. The maximum atomic E-state index is 13.2. The number of hydrogen-bond acceptors (Lipinski definition) is 3. The van der Waals surface area contributed by atoms with Gasteiger partial charge in [-0.05, 0) is 49.2 Å². The molecule has 4 rings (SSSR count). The van der Waals surface area contributed by atoms with Crippen LogP contribution in [0.5, 0.6) is 0 Å². The molecule has 1 N–H and O–H groups in total. The summed E-state index contributed by atoms with van der Waals surface area (Å²) >= 11 is 0. The first kappa shape index (κ1) is 17.0. The number of likely N-dealkylation sites (tertiary alicyclic amines) is 1. The molecule has 5 nitrogen and oxygen atoms in total. The van der Waals surface area contributed by atoms with Crippen LogP contribution in [-0.4, -0.2) is 60.4 Å². The predicted molar refractivity (Wildman–Crippen MR) is 102 cm³/mol. The van der Waals surface area contributed by atoms with Crippen molar-refractivity contribution in [3.05, 3.63) is 47.5 Å². The van der Waals surface area contributed by atoms with Crippen molar-refractivity contribution >= 4 is 22.6 Å². The average Bonchev–Trinajstić information content (AvgIpc) is 2.67. The molecule has 0 atom stereocenters. The molecule has 0 unspecified atom stereocenters. The Bertz CT molecular complexity index is 869. The molecule has 5 heteroatoms. The number of nitrogens with zero attached hydrogens (tertiary/aromatic N) is 2. The van der Waals surface area contributed by atoms with E-state index in [0.717, 1.165) is 22.9 Å². The summed E-state index contributed by atoms with van der Waals surface area (Å²) in [7, 11) is 2.02. The highest BCUT2D eigenvalue weighted by Crippen LogP contribution is 2.31. The summed E-state index contributed by atoms with van der Waals surface area (Å²) in [6, 6.07) is 12.0. The van der Waals surface area contributed by atoms with Crippen molar-refractivity contribution in [3.63, 3.8) is 0 Å². The molecule has 2 aliphatic heterocycles. The van der Waals surface area contributed by atoms with Gasteiger partial charge in [0, 0.05) is 31.7 Å². The van der Waals surface area contributed by atoms with Gasteiger partial charge in [-0.1, -0.05) is 30.3 Å². The molecule has 0 aliphatic carbocycles. The lowest BCUT2D eigenvalue weighted by atomic mass is 9.83. The largest absolute Gasteiger partial charge is 0.353 e. The fraction of sp³-hybridized carbons (Fsp3) is 0.429. The van der Waals surface area contributed by atoms with E-state index in [9.17, 15) is 9.59 Å². The van der Waals surface area contributed by atoms with Crippen LogP contribution in [0, 0.1) is 6.92 Å². The van der Waals surface area contributed by atoms with Gasteiger partial charge in [0.15, 0.2) is 0 Å². The maximum Gasteiger partial charge on any atom is 0.254 e. The van der Waals surface area contributed by atoms with Crippen molar-refractivity contribution in [3.8, 4) is 0 Å². The summed E-state index contributed by atoms with van der Waals surface area (Å²) in [5.74, 6) is 0.175. The number of hydrogen-bond donors (Lipinski definition) is 1. The predicted octanol–water partition coefficient (Wildman–Crippen LogP) is 2.18. The Morgan fingerprint density at radius 1 is 1.04 bits per heavy atom. The van der Waals surface area contributed by atoms with Crippen molar-refractivity contribution in [2.75, 3.05) is 33.2 Å². The number of aryl methyl sites for hydroxylation is 1. The molecular weight excluding hydrogens is 326 g/mol. The van der Waals surface area contributed by atoms with Crippen LogP contribution in [0.4, 0.5) is 0 Å². The van der Waals surface area contributed by atoms with Gasteiger partial charge in [-0.25, -0.2) is 0 Å². The van der Waals surface area contributed by atoms with Crippen LogP contribution >= 0.6 is 0 Å². The third-order valence-electron chi connectivity index (χ3n) is 6.14. The highest BCUT2D eigenvalue weighted by Gasteiger charge is 2.47. The summed E-state index contributed by atoms with van der Waals surface area (Å²) < 4.78 is 0. The van der Waals surface area contributed by atoms with Gasteiger partial charge >= 0.3 is 0 Å². The quantitative estimate of drug-likeness (QED) is 0.857. The molecule has 2 heterocycles. The molecule has 2 aliphatic rings. The van der Waals surface area contributed by atoms with Crippen LogP contribution in [0.3, 0.4) is 0 Å². The zero-order valence-electron chi connectivity index (χ0n) is 15.4. The van der Waals surface area contributed by atoms with E-state index >= 15 is 0 Å². The summed E-state index contributed by atoms with van der Waals surface area (Å²) in [6.07, 6.45) is 1.37. The fourth-order valence-electron chi connectivity index (χ4n) is 4.38. The van der Waals surface area contributed by atoms with E-state index in [1.54, 1.807) is 0 Å². The lowest BCUT2D eigenvalue weighted by molar-refractivity contribution is -0.139. The van der Waals surface area contributed by atoms with Gasteiger partial charge in [0.25, 0.3) is 5.91 Å². The fourth-order valence-corrected chi connectivity index (χ4v) is 4.38. The summed E-state index contributed by atoms with van der Waals surface area (Å²) in [5, 5.41) is 5.12. The third-order valence-corrected chi connectivity index (χ3v) is 6.14. The maximum absolute atomic E-state index is 13.2. The van der Waals surface area contributed by atoms with Crippen LogP contribution in [0.1, 0.15) is 28.8 Å². The number of benzene rings is 2. The average molecular weight is 351 g/mol. The topological polar surface area (TPSA) is 52.7 Å². The molecule has 2 fully saturated rings. The molecule has 0 aromatic heterocycles. The van der Waals surface area contributed by atoms with Gasteiger partial charge in [0.05, 0.1) is 0 Å². The third kappa shape index (κ3) is 2.58. The van der Waals surface area contributed by atoms with Crippen molar-refractivity contribution in [1.82, 2.24) is 15.1 Å². The lowest BCUT2D eigenvalue weighted by Gasteiger charge is -2.48. The van der Waals surface area contributed by atoms with Gasteiger partial charge in [0.2, 0.25) is 5.91 Å². The van der Waals surface area contributed by atoms with E-state index < -0.39 is 5.54 Å². The van der Waals surface area contributed by atoms with Crippen molar-refractivity contribution in [2.24, 2.45) is 0 Å². The molecule has 0 bridgehead atoms. The van der Waals surface area contributed by atoms with E-state index in [0.29, 0.717) is 32.5 Å². The Labute approximate surface area is 154 Å². The second-order valence-corrected chi connectivity index (χ2v) is 7.48. The Morgan fingerprint density at radius 3 is 2.42 bits per heavy atom. The number of likely N-dealkylation sites (N-methyl/N-ethyl adjacent to an activating group) is 1. The second kappa shape index (κ2) is 6.40. The molecule has 0 radical (unpaired) electrons. The summed E-state index contributed by atoms with van der Waals surface area (Å²) in [4.78, 5) is 29.7. The number of carbonyl (C=O) groups is 2. The molecule has 2 saturated heterocycles. The Hall–Kier alpha value is -2.40. The van der Waals surface area contributed by atoms with Gasteiger partial charge in [-0.15, -0.1) is 0 Å². The van der Waals surface area contributed by atoms with E-state index in [1.807, 2.05) is 42.3 Å². The van der Waals surface area contributed by atoms with Crippen LogP contribution in [0.2, 0.25) is 0 Å². The minimum atomic E-state index is -0.454. The first-order valence-electron chi connectivity index (χ1n) is 9.30. The van der Waals surface area contributed by atoms with Crippen LogP contribution in [0.25, 0.3) is 10.8 Å². The van der Waals surface area contributed by atoms with Gasteiger partial charge < -0.3 is 10.2 Å². The monoisotopic (exact) mass is 351 g/mol. The molecule has 1 spiro atoms. The Balaban J connectivity index is 1.58. The molecule has 2 aromatic carbocycles. The molecule has 0 saturated carbocycles. The molecule has 26 heavy (non-hydrogen) atoms. The second-order valence-electron chi connectivity index (χ2n) is 7.48. The van der Waals surface area contributed by atoms with Crippen LogP contribution in [0.15, 0.2) is 36.4 Å². The standard InChI is InChI=1S/C21H25N3O2/c1-15-7-8-18(17-6-4-3-5-16(15)17)19(25)24-12-9-21(10-13-24)20(26)22-11-14-23(21)2/h3-8H,9-14H2,1-2H3,(H,22,26). The molecular formula is C21H25N3O2. The summed E-state index contributed by atoms with van der Waals surface area (Å²) in [5.41, 5.74) is 1.48.